The lowest BCUT2D eigenvalue weighted by Gasteiger charge is -2.35. The summed E-state index contributed by atoms with van der Waals surface area (Å²) in [5.41, 5.74) is 1.77. The maximum atomic E-state index is 13.1. The summed E-state index contributed by atoms with van der Waals surface area (Å²) in [7, 11) is 1.58. The quantitative estimate of drug-likeness (QED) is 0.706. The molecule has 2 heterocycles. The highest BCUT2D eigenvalue weighted by atomic mass is 16.5. The van der Waals surface area contributed by atoms with E-state index in [1.807, 2.05) is 43.3 Å². The van der Waals surface area contributed by atoms with Crippen molar-refractivity contribution in [2.24, 2.45) is 5.92 Å². The van der Waals surface area contributed by atoms with Crippen LogP contribution in [0.25, 0.3) is 0 Å². The number of nitrogens with one attached hydrogen (secondary N) is 2. The van der Waals surface area contributed by atoms with Gasteiger partial charge >= 0.3 is 0 Å². The molecule has 1 aliphatic heterocycles. The van der Waals surface area contributed by atoms with Crippen LogP contribution in [0.15, 0.2) is 48.8 Å². The number of methoxy groups -OCH3 is 1. The highest BCUT2D eigenvalue weighted by Gasteiger charge is 2.32. The Hall–Kier alpha value is -2.93. The van der Waals surface area contributed by atoms with E-state index in [-0.39, 0.29) is 17.7 Å². The average molecular weight is 412 g/mol. The fourth-order valence-electron chi connectivity index (χ4n) is 3.69. The molecule has 2 amide bonds. The first-order valence-corrected chi connectivity index (χ1v) is 10.4. The van der Waals surface area contributed by atoms with Gasteiger partial charge in [0.05, 0.1) is 33.3 Å². The molecule has 0 radical (unpaired) electrons. The minimum atomic E-state index is -0.540. The number of quaternary nitrogens is 1. The van der Waals surface area contributed by atoms with Gasteiger partial charge in [0.25, 0.3) is 5.91 Å². The molecule has 0 aliphatic carbocycles. The van der Waals surface area contributed by atoms with Crippen molar-refractivity contribution in [2.75, 3.05) is 33.3 Å². The maximum absolute atomic E-state index is 13.1. The van der Waals surface area contributed by atoms with Gasteiger partial charge in [0.2, 0.25) is 5.91 Å². The number of piperazine rings is 1. The number of hydrogen-bond acceptors (Lipinski definition) is 4. The van der Waals surface area contributed by atoms with Gasteiger partial charge in [-0.05, 0) is 42.3 Å². The van der Waals surface area contributed by atoms with E-state index in [4.69, 9.17) is 4.74 Å². The summed E-state index contributed by atoms with van der Waals surface area (Å²) in [5, 5.41) is 2.93. The van der Waals surface area contributed by atoms with Crippen molar-refractivity contribution in [1.29, 1.82) is 0 Å². The molecule has 7 nitrogen and oxygen atoms in total. The van der Waals surface area contributed by atoms with Gasteiger partial charge in [-0.3, -0.25) is 14.6 Å². The molecule has 1 aromatic carbocycles. The van der Waals surface area contributed by atoms with Crippen LogP contribution in [0.1, 0.15) is 29.8 Å². The Bertz CT molecular complexity index is 831. The zero-order chi connectivity index (χ0) is 21.5. The highest BCUT2D eigenvalue weighted by Crippen LogP contribution is 2.13. The molecule has 1 atom stereocenters. The fraction of sp³-hybridized carbons (Fsp3) is 0.435. The molecule has 3 rings (SSSR count). The van der Waals surface area contributed by atoms with Gasteiger partial charge in [-0.2, -0.15) is 0 Å². The third-order valence-electron chi connectivity index (χ3n) is 5.56. The Balaban J connectivity index is 1.56. The second kappa shape index (κ2) is 10.2. The molecule has 0 spiro atoms. The van der Waals surface area contributed by atoms with E-state index in [0.717, 1.165) is 19.6 Å². The third-order valence-corrected chi connectivity index (χ3v) is 5.56. The summed E-state index contributed by atoms with van der Waals surface area (Å²) in [5.74, 6) is 0.443. The lowest BCUT2D eigenvalue weighted by atomic mass is 10.0. The second-order valence-electron chi connectivity index (χ2n) is 8.03. The fourth-order valence-corrected chi connectivity index (χ4v) is 3.69. The molecule has 1 aromatic heterocycles. The number of carbonyl (C=O) groups is 2. The number of hydrogen-bond donors (Lipinski definition) is 2. The molecule has 2 aromatic rings. The van der Waals surface area contributed by atoms with Crippen LogP contribution in [-0.4, -0.2) is 61.0 Å². The normalized spacial score (nSPS) is 15.7. The minimum absolute atomic E-state index is 0.00175. The summed E-state index contributed by atoms with van der Waals surface area (Å²) in [6.45, 7) is 8.04. The van der Waals surface area contributed by atoms with Crippen molar-refractivity contribution in [3.05, 3.63) is 59.9 Å². The molecular formula is C23H31N4O3+. The Kier molecular flexibility index (Phi) is 7.41. The largest absolute Gasteiger partial charge is 0.497 e. The van der Waals surface area contributed by atoms with Gasteiger partial charge in [0.15, 0.2) is 0 Å². The first-order chi connectivity index (χ1) is 14.5. The minimum Gasteiger partial charge on any atom is -0.497 e. The predicted molar refractivity (Wildman–Crippen MR) is 114 cm³/mol. The zero-order valence-electron chi connectivity index (χ0n) is 17.9. The Morgan fingerprint density at radius 1 is 1.10 bits per heavy atom. The van der Waals surface area contributed by atoms with E-state index >= 15 is 0 Å². The predicted octanol–water partition coefficient (Wildman–Crippen LogP) is 0.772. The van der Waals surface area contributed by atoms with Crippen molar-refractivity contribution < 1.29 is 19.2 Å². The topological polar surface area (TPSA) is 76.0 Å². The zero-order valence-corrected chi connectivity index (χ0v) is 17.9. The van der Waals surface area contributed by atoms with Crippen molar-refractivity contribution in [2.45, 2.75) is 26.4 Å². The van der Waals surface area contributed by atoms with Crippen molar-refractivity contribution in [1.82, 2.24) is 15.2 Å². The summed E-state index contributed by atoms with van der Waals surface area (Å²) in [4.78, 5) is 33.2. The molecule has 1 aliphatic rings. The molecule has 7 heteroatoms. The van der Waals surface area contributed by atoms with Crippen molar-refractivity contribution in [3.8, 4) is 5.75 Å². The smallest absolute Gasteiger partial charge is 0.251 e. The Morgan fingerprint density at radius 3 is 2.30 bits per heavy atom. The van der Waals surface area contributed by atoms with Crippen LogP contribution >= 0.6 is 0 Å². The van der Waals surface area contributed by atoms with Gasteiger partial charge < -0.3 is 19.9 Å². The molecule has 0 saturated carbocycles. The summed E-state index contributed by atoms with van der Waals surface area (Å²) >= 11 is 0. The average Bonchev–Trinajstić information content (AvgIpc) is 2.78. The molecular weight excluding hydrogens is 380 g/mol. The Morgan fingerprint density at radius 2 is 1.73 bits per heavy atom. The monoisotopic (exact) mass is 411 g/mol. The van der Waals surface area contributed by atoms with E-state index in [1.165, 1.54) is 10.5 Å². The Labute approximate surface area is 178 Å². The van der Waals surface area contributed by atoms with E-state index in [2.05, 4.69) is 10.3 Å². The number of nitrogens with zero attached hydrogens (tertiary/aromatic N) is 2. The van der Waals surface area contributed by atoms with E-state index < -0.39 is 6.04 Å². The number of amides is 2. The first kappa shape index (κ1) is 21.8. The molecule has 1 saturated heterocycles. The number of rotatable bonds is 7. The van der Waals surface area contributed by atoms with Crippen LogP contribution in [0.3, 0.4) is 0 Å². The van der Waals surface area contributed by atoms with E-state index in [0.29, 0.717) is 24.4 Å². The lowest BCUT2D eigenvalue weighted by Crippen LogP contribution is -3.13. The van der Waals surface area contributed by atoms with Crippen LogP contribution in [0.5, 0.6) is 5.75 Å². The van der Waals surface area contributed by atoms with E-state index in [1.54, 1.807) is 31.4 Å². The number of pyridine rings is 1. The standard InChI is InChI=1S/C23H30N4O3/c1-17(2)21(25-22(28)19-4-6-20(30-3)7-5-19)23(29)27-14-12-26(13-15-27)16-18-8-10-24-11-9-18/h4-11,17,21H,12-16H2,1-3H3,(H,25,28)/p+1/t21-/m0/s1. The van der Waals surface area contributed by atoms with Crippen molar-refractivity contribution >= 4 is 11.8 Å². The van der Waals surface area contributed by atoms with Gasteiger partial charge in [-0.15, -0.1) is 0 Å². The number of carbonyl (C=O) groups excluding carboxylic acids is 2. The summed E-state index contributed by atoms with van der Waals surface area (Å²) in [6.07, 6.45) is 3.63. The molecule has 160 valence electrons. The second-order valence-corrected chi connectivity index (χ2v) is 8.03. The van der Waals surface area contributed by atoms with Crippen LogP contribution in [0, 0.1) is 5.92 Å². The van der Waals surface area contributed by atoms with Crippen LogP contribution in [0.4, 0.5) is 0 Å². The highest BCUT2D eigenvalue weighted by molar-refractivity contribution is 5.97. The van der Waals surface area contributed by atoms with Gasteiger partial charge in [0.1, 0.15) is 18.3 Å². The number of ether oxygens (including phenoxy) is 1. The number of benzene rings is 1. The maximum Gasteiger partial charge on any atom is 0.251 e. The van der Waals surface area contributed by atoms with Gasteiger partial charge in [0, 0.05) is 23.5 Å². The lowest BCUT2D eigenvalue weighted by molar-refractivity contribution is -0.917. The number of aromatic nitrogens is 1. The van der Waals surface area contributed by atoms with Crippen LogP contribution in [-0.2, 0) is 11.3 Å². The summed E-state index contributed by atoms with van der Waals surface area (Å²) < 4.78 is 5.13. The van der Waals surface area contributed by atoms with E-state index in [9.17, 15) is 9.59 Å². The van der Waals surface area contributed by atoms with Gasteiger partial charge in [-0.25, -0.2) is 0 Å². The molecule has 30 heavy (non-hydrogen) atoms. The molecule has 2 N–H and O–H groups in total. The SMILES string of the molecule is COc1ccc(C(=O)N[C@H](C(=O)N2CC[NH+](Cc3ccncc3)CC2)C(C)C)cc1. The first-order valence-electron chi connectivity index (χ1n) is 10.4. The third kappa shape index (κ3) is 5.57. The molecule has 1 fully saturated rings. The molecule has 0 bridgehead atoms. The molecule has 0 unspecified atom stereocenters. The van der Waals surface area contributed by atoms with Crippen molar-refractivity contribution in [3.63, 3.8) is 0 Å². The van der Waals surface area contributed by atoms with Crippen LogP contribution < -0.4 is 15.0 Å². The summed E-state index contributed by atoms with van der Waals surface area (Å²) in [6, 6.07) is 10.4. The van der Waals surface area contributed by atoms with Crippen LogP contribution in [0.2, 0.25) is 0 Å². The van der Waals surface area contributed by atoms with Gasteiger partial charge in [-0.1, -0.05) is 13.8 Å².